The van der Waals surface area contributed by atoms with Crippen molar-refractivity contribution in [3.63, 3.8) is 0 Å². The normalized spacial score (nSPS) is 10.5. The van der Waals surface area contributed by atoms with Crippen LogP contribution in [-0.2, 0) is 17.9 Å². The van der Waals surface area contributed by atoms with Crippen molar-refractivity contribution in [3.8, 4) is 0 Å². The summed E-state index contributed by atoms with van der Waals surface area (Å²) in [4.78, 5) is 29.9. The van der Waals surface area contributed by atoms with Crippen LogP contribution in [0.2, 0.25) is 0 Å². The van der Waals surface area contributed by atoms with E-state index in [1.807, 2.05) is 6.92 Å². The van der Waals surface area contributed by atoms with E-state index in [1.54, 1.807) is 29.7 Å². The van der Waals surface area contributed by atoms with Crippen LogP contribution < -0.4 is 0 Å². The zero-order valence-corrected chi connectivity index (χ0v) is 12.1. The Morgan fingerprint density at radius 3 is 2.85 bits per heavy atom. The van der Waals surface area contributed by atoms with E-state index in [1.165, 1.54) is 22.0 Å². The second-order valence-corrected chi connectivity index (χ2v) is 5.38. The van der Waals surface area contributed by atoms with Crippen molar-refractivity contribution in [2.24, 2.45) is 0 Å². The van der Waals surface area contributed by atoms with E-state index in [9.17, 15) is 9.59 Å². The maximum absolute atomic E-state index is 12.1. The Bertz CT molecular complexity index is 632. The molecule has 6 nitrogen and oxygen atoms in total. The summed E-state index contributed by atoms with van der Waals surface area (Å²) in [6.07, 6.45) is 1.59. The van der Waals surface area contributed by atoms with Gasteiger partial charge in [-0.3, -0.25) is 4.79 Å². The number of thiazole rings is 1. The number of aromatic carboxylic acids is 1. The molecule has 2 heterocycles. The number of amides is 1. The van der Waals surface area contributed by atoms with E-state index in [2.05, 4.69) is 4.98 Å². The van der Waals surface area contributed by atoms with Crippen LogP contribution in [0.1, 0.15) is 21.1 Å². The lowest BCUT2D eigenvalue weighted by molar-refractivity contribution is -0.131. The highest BCUT2D eigenvalue weighted by Gasteiger charge is 2.15. The summed E-state index contributed by atoms with van der Waals surface area (Å²) in [5, 5.41) is 9.00. The van der Waals surface area contributed by atoms with Crippen LogP contribution >= 0.6 is 11.3 Å². The van der Waals surface area contributed by atoms with Crippen LogP contribution in [-0.4, -0.2) is 38.5 Å². The quantitative estimate of drug-likeness (QED) is 0.908. The van der Waals surface area contributed by atoms with Crippen molar-refractivity contribution in [3.05, 3.63) is 40.1 Å². The molecule has 0 aliphatic rings. The third kappa shape index (κ3) is 3.05. The van der Waals surface area contributed by atoms with Gasteiger partial charge in [0.15, 0.2) is 0 Å². The first-order chi connectivity index (χ1) is 9.49. The summed E-state index contributed by atoms with van der Waals surface area (Å²) in [5.74, 6) is -1.18. The average Bonchev–Trinajstić information content (AvgIpc) is 2.99. The first-order valence-corrected chi connectivity index (χ1v) is 6.88. The summed E-state index contributed by atoms with van der Waals surface area (Å²) in [5.41, 5.74) is 2.78. The fourth-order valence-electron chi connectivity index (χ4n) is 1.79. The van der Waals surface area contributed by atoms with Crippen LogP contribution in [0.4, 0.5) is 0 Å². The maximum Gasteiger partial charge on any atom is 0.352 e. The Kier molecular flexibility index (Phi) is 4.19. The highest BCUT2D eigenvalue weighted by molar-refractivity contribution is 7.09. The Labute approximate surface area is 120 Å². The number of likely N-dealkylation sites (N-methyl/N-ethyl adjacent to an activating group) is 1. The minimum atomic E-state index is -1.04. The molecule has 2 rings (SSSR count). The molecule has 1 N–H and O–H groups in total. The molecule has 1 amide bonds. The minimum Gasteiger partial charge on any atom is -0.477 e. The van der Waals surface area contributed by atoms with E-state index in [0.29, 0.717) is 6.54 Å². The van der Waals surface area contributed by atoms with Crippen LogP contribution in [0.3, 0.4) is 0 Å². The van der Waals surface area contributed by atoms with Gasteiger partial charge in [-0.1, -0.05) is 0 Å². The SMILES string of the molecule is Cc1ncsc1CN(C)C(=O)Cn1cccc1C(=O)O. The first kappa shape index (κ1) is 14.3. The van der Waals surface area contributed by atoms with Gasteiger partial charge in [0, 0.05) is 18.1 Å². The molecule has 0 fully saturated rings. The zero-order chi connectivity index (χ0) is 14.7. The number of hydrogen-bond acceptors (Lipinski definition) is 4. The highest BCUT2D eigenvalue weighted by atomic mass is 32.1. The van der Waals surface area contributed by atoms with Crippen molar-refractivity contribution in [1.29, 1.82) is 0 Å². The third-order valence-corrected chi connectivity index (χ3v) is 3.93. The van der Waals surface area contributed by atoms with E-state index in [4.69, 9.17) is 5.11 Å². The molecule has 106 valence electrons. The predicted molar refractivity (Wildman–Crippen MR) is 74.7 cm³/mol. The summed E-state index contributed by atoms with van der Waals surface area (Å²) < 4.78 is 1.43. The van der Waals surface area contributed by atoms with Gasteiger partial charge in [0.1, 0.15) is 12.2 Å². The van der Waals surface area contributed by atoms with Gasteiger partial charge < -0.3 is 14.6 Å². The first-order valence-electron chi connectivity index (χ1n) is 6.00. The number of carbonyl (C=O) groups is 2. The van der Waals surface area contributed by atoms with Crippen molar-refractivity contribution in [2.45, 2.75) is 20.0 Å². The predicted octanol–water partition coefficient (Wildman–Crippen LogP) is 1.61. The molecule has 0 bridgehead atoms. The van der Waals surface area contributed by atoms with Crippen molar-refractivity contribution >= 4 is 23.2 Å². The molecule has 2 aromatic heterocycles. The lowest BCUT2D eigenvalue weighted by Gasteiger charge is -2.17. The monoisotopic (exact) mass is 293 g/mol. The Morgan fingerprint density at radius 2 is 2.25 bits per heavy atom. The van der Waals surface area contributed by atoms with Crippen molar-refractivity contribution in [2.75, 3.05) is 7.05 Å². The lowest BCUT2D eigenvalue weighted by atomic mass is 10.3. The van der Waals surface area contributed by atoms with Crippen LogP contribution in [0, 0.1) is 6.92 Å². The summed E-state index contributed by atoms with van der Waals surface area (Å²) >= 11 is 1.51. The van der Waals surface area contributed by atoms with Gasteiger partial charge in [0.05, 0.1) is 17.7 Å². The number of aryl methyl sites for hydroxylation is 1. The van der Waals surface area contributed by atoms with Crippen LogP contribution in [0.15, 0.2) is 23.8 Å². The second kappa shape index (κ2) is 5.87. The molecule has 0 unspecified atom stereocenters. The fraction of sp³-hybridized carbons (Fsp3) is 0.308. The average molecular weight is 293 g/mol. The Hall–Kier alpha value is -2.15. The van der Waals surface area contributed by atoms with E-state index >= 15 is 0 Å². The summed E-state index contributed by atoms with van der Waals surface area (Å²) in [7, 11) is 1.70. The van der Waals surface area contributed by atoms with Crippen LogP contribution in [0.25, 0.3) is 0 Å². The molecule has 0 saturated carbocycles. The lowest BCUT2D eigenvalue weighted by Crippen LogP contribution is -2.30. The molecule has 0 saturated heterocycles. The molecular formula is C13H15N3O3S. The molecule has 7 heteroatoms. The van der Waals surface area contributed by atoms with Gasteiger partial charge in [-0.2, -0.15) is 0 Å². The summed E-state index contributed by atoms with van der Waals surface area (Å²) in [6, 6.07) is 3.09. The van der Waals surface area contributed by atoms with Gasteiger partial charge in [-0.05, 0) is 19.1 Å². The number of aromatic nitrogens is 2. The Morgan fingerprint density at radius 1 is 1.50 bits per heavy atom. The molecule has 0 radical (unpaired) electrons. The largest absolute Gasteiger partial charge is 0.477 e. The highest BCUT2D eigenvalue weighted by Crippen LogP contribution is 2.14. The Balaban J connectivity index is 2.03. The van der Waals surface area contributed by atoms with E-state index in [0.717, 1.165) is 10.6 Å². The number of nitrogens with zero attached hydrogens (tertiary/aromatic N) is 3. The van der Waals surface area contributed by atoms with Gasteiger partial charge in [-0.15, -0.1) is 11.3 Å². The van der Waals surface area contributed by atoms with Gasteiger partial charge in [0.25, 0.3) is 0 Å². The molecule has 0 aliphatic carbocycles. The topological polar surface area (TPSA) is 75.4 Å². The molecular weight excluding hydrogens is 278 g/mol. The number of rotatable bonds is 5. The van der Waals surface area contributed by atoms with E-state index in [-0.39, 0.29) is 18.1 Å². The molecule has 0 spiro atoms. The summed E-state index contributed by atoms with van der Waals surface area (Å²) in [6.45, 7) is 2.40. The minimum absolute atomic E-state index is 0.0168. The number of carboxylic acid groups (broad SMARTS) is 1. The standard InChI is InChI=1S/C13H15N3O3S/c1-9-11(20-8-14-9)6-15(2)12(17)7-16-5-3-4-10(16)13(18)19/h3-5,8H,6-7H2,1-2H3,(H,18,19). The van der Waals surface area contributed by atoms with Gasteiger partial charge in [0.2, 0.25) is 5.91 Å². The van der Waals surface area contributed by atoms with Crippen molar-refractivity contribution < 1.29 is 14.7 Å². The molecule has 0 aromatic carbocycles. The van der Waals surface area contributed by atoms with Crippen molar-refractivity contribution in [1.82, 2.24) is 14.5 Å². The fourth-order valence-corrected chi connectivity index (χ4v) is 2.62. The number of carbonyl (C=O) groups excluding carboxylic acids is 1. The molecule has 2 aromatic rings. The van der Waals surface area contributed by atoms with Gasteiger partial charge in [-0.25, -0.2) is 9.78 Å². The molecule has 0 atom stereocenters. The number of hydrogen-bond donors (Lipinski definition) is 1. The second-order valence-electron chi connectivity index (χ2n) is 4.44. The van der Waals surface area contributed by atoms with Gasteiger partial charge >= 0.3 is 5.97 Å². The smallest absolute Gasteiger partial charge is 0.352 e. The molecule has 0 aliphatic heterocycles. The number of carboxylic acids is 1. The molecule has 20 heavy (non-hydrogen) atoms. The zero-order valence-electron chi connectivity index (χ0n) is 11.2. The third-order valence-electron chi connectivity index (χ3n) is 3.01. The maximum atomic E-state index is 12.1. The van der Waals surface area contributed by atoms with Crippen LogP contribution in [0.5, 0.6) is 0 Å². The van der Waals surface area contributed by atoms with E-state index < -0.39 is 5.97 Å².